The van der Waals surface area contributed by atoms with Crippen molar-refractivity contribution in [3.63, 3.8) is 0 Å². The Bertz CT molecular complexity index is 3100. The predicted octanol–water partition coefficient (Wildman–Crippen LogP) is 13.6. The van der Waals surface area contributed by atoms with E-state index in [1.807, 2.05) is 0 Å². The number of carbonyl (C=O) groups is 4. The van der Waals surface area contributed by atoms with Crippen molar-refractivity contribution in [1.29, 1.82) is 0 Å². The van der Waals surface area contributed by atoms with Crippen molar-refractivity contribution in [3.05, 3.63) is 89.5 Å². The van der Waals surface area contributed by atoms with Gasteiger partial charge in [-0.1, -0.05) is 47.6 Å². The standard InChI is InChI=1S/C39H61N3O8.C34H50N2O12.F6P/c1-38(2,3)31-25-30(26-32(27-31)39(4,5)6)29-40-13-8-7-9-36(43)41-14-12-37(44)42-33-10-11-34-35(28-33)50-24-22-48-20-18-46-16-15-45-17-19-47-21-23-49-34;1-33(2,3)47-31(37)35-25-7-9-27-29(23-25)45-21-17-41-13-14-42-18-22-46-30-24-26(36-32(38)48-34(4,5)6)8-10-28(30)44-20-16-40-12-11-39-15-19-43-27;1-7(2,3,4,5)6/h10-11,25-28,40H,7-9,12-24,29H2,1-6H3,(H,41,43)(H,42,44);7-10,23-24H,11-22H2,1-6H3,(H,35,37)(H,36,38);/q;;-1/p+1. The molecule has 105 heavy (non-hydrogen) atoms. The number of unbranched alkanes of at least 4 members (excludes halogenated alkanes) is 1. The molecule has 0 spiro atoms. The van der Waals surface area contributed by atoms with Gasteiger partial charge in [0.15, 0.2) is 34.5 Å². The number of benzene rings is 4. The van der Waals surface area contributed by atoms with Crippen molar-refractivity contribution in [2.75, 3.05) is 174 Å². The molecule has 0 aromatic heterocycles. The molecule has 4 aromatic carbocycles. The van der Waals surface area contributed by atoms with E-state index in [9.17, 15) is 44.4 Å². The Morgan fingerprint density at radius 3 is 0.981 bits per heavy atom. The fourth-order valence-electron chi connectivity index (χ4n) is 9.11. The molecule has 2 aliphatic heterocycles. The maximum absolute atomic E-state index is 12.7. The van der Waals surface area contributed by atoms with Gasteiger partial charge in [-0.15, -0.1) is 0 Å². The molecule has 0 unspecified atom stereocenters. The summed E-state index contributed by atoms with van der Waals surface area (Å²) < 4.78 is 150. The first kappa shape index (κ1) is 90.2. The first-order chi connectivity index (χ1) is 49.2. The number of anilines is 3. The summed E-state index contributed by atoms with van der Waals surface area (Å²) in [5, 5.41) is 13.5. The van der Waals surface area contributed by atoms with Crippen LogP contribution in [0.2, 0.25) is 0 Å². The molecular weight excluding hydrogens is 1410 g/mol. The van der Waals surface area contributed by atoms with Gasteiger partial charge in [0, 0.05) is 60.2 Å². The topological polar surface area (TPSA) is 281 Å². The number of fused-ring (bicyclic) bond motifs is 3. The fourth-order valence-corrected chi connectivity index (χ4v) is 9.11. The number of quaternary nitrogens is 1. The van der Waals surface area contributed by atoms with Crippen LogP contribution in [-0.2, 0) is 74.3 Å². The van der Waals surface area contributed by atoms with E-state index in [0.29, 0.717) is 177 Å². The summed E-state index contributed by atoms with van der Waals surface area (Å²) in [6.07, 6.45) is 1.21. The van der Waals surface area contributed by atoms with Crippen molar-refractivity contribution in [2.24, 2.45) is 0 Å². The van der Waals surface area contributed by atoms with Gasteiger partial charge in [-0.3, -0.25) is 20.2 Å². The summed E-state index contributed by atoms with van der Waals surface area (Å²) in [7, 11) is -10.7. The molecule has 25 nitrogen and oxygen atoms in total. The molecule has 0 atom stereocenters. The van der Waals surface area contributed by atoms with Crippen LogP contribution in [0.5, 0.6) is 34.5 Å². The number of ether oxygens (including phenoxy) is 16. The van der Waals surface area contributed by atoms with E-state index in [1.54, 1.807) is 96.1 Å². The quantitative estimate of drug-likeness (QED) is 0.0472. The number of halogens is 6. The van der Waals surface area contributed by atoms with Crippen LogP contribution in [0.3, 0.4) is 0 Å². The minimum atomic E-state index is -10.7. The molecule has 32 heteroatoms. The van der Waals surface area contributed by atoms with Crippen LogP contribution in [0.1, 0.15) is 125 Å². The molecule has 2 aliphatic rings. The van der Waals surface area contributed by atoms with Crippen LogP contribution in [0.25, 0.3) is 0 Å². The third-order valence-electron chi connectivity index (χ3n) is 14.0. The van der Waals surface area contributed by atoms with Gasteiger partial charge >= 0.3 is 45.2 Å². The summed E-state index contributed by atoms with van der Waals surface area (Å²) >= 11 is 0. The summed E-state index contributed by atoms with van der Waals surface area (Å²) in [4.78, 5) is 49.6. The maximum atomic E-state index is 12.7. The first-order valence-electron chi connectivity index (χ1n) is 35.1. The summed E-state index contributed by atoms with van der Waals surface area (Å²) in [6.45, 7) is 34.4. The van der Waals surface area contributed by atoms with E-state index in [1.165, 1.54) is 16.7 Å². The number of hydrogen-bond donors (Lipinski definition) is 5. The third-order valence-corrected chi connectivity index (χ3v) is 14.0. The van der Waals surface area contributed by atoms with E-state index in [0.717, 1.165) is 25.9 Å². The van der Waals surface area contributed by atoms with Gasteiger partial charge in [0.1, 0.15) is 57.4 Å². The Morgan fingerprint density at radius 1 is 0.381 bits per heavy atom. The zero-order chi connectivity index (χ0) is 77.5. The van der Waals surface area contributed by atoms with Gasteiger partial charge in [-0.05, 0) is 125 Å². The molecule has 4 aromatic rings. The molecule has 0 aliphatic carbocycles. The number of nitrogens with one attached hydrogen (secondary N) is 4. The Labute approximate surface area is 613 Å². The first-order valence-corrected chi connectivity index (χ1v) is 37.2. The molecule has 0 bridgehead atoms. The number of hydrogen-bond acceptors (Lipinski definition) is 20. The summed E-state index contributed by atoms with van der Waals surface area (Å²) in [5.74, 6) is 2.65. The predicted molar refractivity (Wildman–Crippen MR) is 387 cm³/mol. The van der Waals surface area contributed by atoms with E-state index in [-0.39, 0.29) is 62.0 Å². The number of carbonyl (C=O) groups excluding carboxylic acids is 4. The Balaban J connectivity index is 0.000000407. The minimum absolute atomic E-state index is 0.0369. The van der Waals surface area contributed by atoms with Crippen LogP contribution in [0.4, 0.5) is 51.8 Å². The molecule has 4 amide bonds. The van der Waals surface area contributed by atoms with Crippen molar-refractivity contribution < 1.29 is 125 Å². The fraction of sp³-hybridized carbons (Fsp3) is 0.616. The average Bonchev–Trinajstić information content (AvgIpc) is 0.789. The Morgan fingerprint density at radius 2 is 0.676 bits per heavy atom. The van der Waals surface area contributed by atoms with E-state index in [2.05, 4.69) is 86.3 Å². The zero-order valence-corrected chi connectivity index (χ0v) is 63.8. The van der Waals surface area contributed by atoms with Crippen molar-refractivity contribution >= 4 is 48.9 Å². The van der Waals surface area contributed by atoms with Crippen molar-refractivity contribution in [2.45, 2.75) is 137 Å². The van der Waals surface area contributed by atoms with Crippen LogP contribution >= 0.6 is 7.81 Å². The molecular formula is C73H112F6N5O20P. The van der Waals surface area contributed by atoms with Crippen LogP contribution < -0.4 is 55.0 Å². The Hall–Kier alpha value is -7.19. The van der Waals surface area contributed by atoms with Crippen LogP contribution in [0.15, 0.2) is 72.8 Å². The van der Waals surface area contributed by atoms with Gasteiger partial charge in [0.2, 0.25) is 11.8 Å². The van der Waals surface area contributed by atoms with E-state index < -0.39 is 31.2 Å². The van der Waals surface area contributed by atoms with Crippen LogP contribution in [-0.4, -0.2) is 194 Å². The van der Waals surface area contributed by atoms with Gasteiger partial charge in [0.25, 0.3) is 0 Å². The number of amides is 4. The van der Waals surface area contributed by atoms with Gasteiger partial charge < -0.3 is 91.7 Å². The Kier molecular flexibility index (Phi) is 38.0. The molecule has 6 rings (SSSR count). The summed E-state index contributed by atoms with van der Waals surface area (Å²) in [5.41, 5.74) is 4.58. The van der Waals surface area contributed by atoms with Crippen molar-refractivity contribution in [1.82, 2.24) is 5.32 Å². The molecule has 0 saturated heterocycles. The van der Waals surface area contributed by atoms with Gasteiger partial charge in [-0.25, -0.2) is 9.59 Å². The zero-order valence-electron chi connectivity index (χ0n) is 62.9. The second kappa shape index (κ2) is 44.2. The number of rotatable bonds is 13. The van der Waals surface area contributed by atoms with E-state index in [4.69, 9.17) is 75.8 Å². The normalized spacial score (nSPS) is 16.6. The molecule has 2 heterocycles. The molecule has 596 valence electrons. The SMILES string of the molecule is CC(C)(C)OC(=O)Nc1ccc2c(c1)OCCOCCOCCOc1cc(NC(=O)OC(C)(C)C)ccc1OCCOCCOCCO2.CC(C)(C)c1cc(C[NH2+]CCCCC(=O)NCCC(=O)Nc2ccc3c(c2)OCCOCCOCCOCCOCCO3)cc(C(C)(C)C)c1.F[P-](F)(F)(F)(F)F. The second-order valence-corrected chi connectivity index (χ2v) is 29.9. The monoisotopic (exact) mass is 1520 g/mol. The van der Waals surface area contributed by atoms with E-state index >= 15 is 0 Å². The van der Waals surface area contributed by atoms with Crippen LogP contribution in [0, 0.1) is 0 Å². The summed E-state index contributed by atoms with van der Waals surface area (Å²) in [6, 6.07) is 22.4. The molecule has 0 radical (unpaired) electrons. The molecule has 0 saturated carbocycles. The number of nitrogens with two attached hydrogens (primary N) is 1. The van der Waals surface area contributed by atoms with Gasteiger partial charge in [0.05, 0.1) is 112 Å². The van der Waals surface area contributed by atoms with Crippen molar-refractivity contribution in [3.8, 4) is 34.5 Å². The second-order valence-electron chi connectivity index (χ2n) is 28.0. The van der Waals surface area contributed by atoms with Gasteiger partial charge in [-0.2, -0.15) is 0 Å². The molecule has 6 N–H and O–H groups in total. The average molecular weight is 1520 g/mol. The third kappa shape index (κ3) is 45.8. The molecule has 0 fully saturated rings.